The number of aromatic nitrogens is 3. The zero-order valence-corrected chi connectivity index (χ0v) is 21.4. The molecule has 2 aromatic carbocycles. The number of hydrogen-bond donors (Lipinski definition) is 0. The number of carbonyl (C=O) groups excluding carboxylic acids is 1. The van der Waals surface area contributed by atoms with E-state index in [-0.39, 0.29) is 11.9 Å². The summed E-state index contributed by atoms with van der Waals surface area (Å²) < 4.78 is 1.79. The van der Waals surface area contributed by atoms with Gasteiger partial charge in [-0.05, 0) is 57.0 Å². The molecule has 3 heterocycles. The molecule has 0 spiro atoms. The van der Waals surface area contributed by atoms with Gasteiger partial charge in [0.2, 0.25) is 0 Å². The van der Waals surface area contributed by atoms with Crippen molar-refractivity contribution >= 4 is 28.8 Å². The standard InChI is InChI=1S/C28H30ClN5O/c1-18-9-11-23(12-10-18)33-14-13-32(17-19(33)2)28(35)25-16-30-34-21(4)24(20(3)31-27(25)34)15-22-7-5-6-8-26(22)29/h5-12,16,19H,13-15,17H2,1-4H3/t19-/m0/s1. The molecule has 1 atom stereocenters. The Kier molecular flexibility index (Phi) is 6.24. The van der Waals surface area contributed by atoms with Crippen LogP contribution in [0.5, 0.6) is 0 Å². The zero-order chi connectivity index (χ0) is 24.7. The monoisotopic (exact) mass is 487 g/mol. The van der Waals surface area contributed by atoms with Crippen molar-refractivity contribution in [1.29, 1.82) is 0 Å². The molecule has 7 heteroatoms. The van der Waals surface area contributed by atoms with Crippen molar-refractivity contribution in [2.75, 3.05) is 24.5 Å². The van der Waals surface area contributed by atoms with Gasteiger partial charge in [-0.2, -0.15) is 5.10 Å². The van der Waals surface area contributed by atoms with Crippen LogP contribution in [0.1, 0.15) is 45.4 Å². The van der Waals surface area contributed by atoms with E-state index in [1.807, 2.05) is 43.0 Å². The Bertz CT molecular complexity index is 1390. The number of amides is 1. The van der Waals surface area contributed by atoms with Crippen molar-refractivity contribution in [2.24, 2.45) is 0 Å². The Morgan fingerprint density at radius 2 is 1.80 bits per heavy atom. The van der Waals surface area contributed by atoms with Crippen LogP contribution in [0, 0.1) is 20.8 Å². The molecule has 0 saturated carbocycles. The van der Waals surface area contributed by atoms with Crippen LogP contribution in [0.3, 0.4) is 0 Å². The second-order valence-corrected chi connectivity index (χ2v) is 9.86. The summed E-state index contributed by atoms with van der Waals surface area (Å²) in [6.07, 6.45) is 2.33. The second-order valence-electron chi connectivity index (χ2n) is 9.45. The first-order chi connectivity index (χ1) is 16.8. The van der Waals surface area contributed by atoms with Gasteiger partial charge in [-0.25, -0.2) is 9.50 Å². The van der Waals surface area contributed by atoms with Crippen LogP contribution in [0.2, 0.25) is 5.02 Å². The minimum absolute atomic E-state index is 0.0134. The lowest BCUT2D eigenvalue weighted by Crippen LogP contribution is -2.53. The van der Waals surface area contributed by atoms with Gasteiger partial charge in [-0.3, -0.25) is 4.79 Å². The van der Waals surface area contributed by atoms with Crippen molar-refractivity contribution in [3.63, 3.8) is 0 Å². The molecule has 35 heavy (non-hydrogen) atoms. The molecule has 4 aromatic rings. The Labute approximate surface area is 211 Å². The first-order valence-corrected chi connectivity index (χ1v) is 12.4. The number of hydrogen-bond acceptors (Lipinski definition) is 4. The summed E-state index contributed by atoms with van der Waals surface area (Å²) >= 11 is 6.40. The summed E-state index contributed by atoms with van der Waals surface area (Å²) in [5.41, 5.74) is 7.60. The van der Waals surface area contributed by atoms with Gasteiger partial charge >= 0.3 is 0 Å². The molecule has 0 radical (unpaired) electrons. The number of piperazine rings is 1. The molecule has 0 bridgehead atoms. The fourth-order valence-corrected chi connectivity index (χ4v) is 5.18. The molecule has 0 unspecified atom stereocenters. The number of anilines is 1. The maximum absolute atomic E-state index is 13.5. The predicted molar refractivity (Wildman–Crippen MR) is 141 cm³/mol. The van der Waals surface area contributed by atoms with Crippen molar-refractivity contribution in [3.8, 4) is 0 Å². The summed E-state index contributed by atoms with van der Waals surface area (Å²) in [6, 6.07) is 16.6. The van der Waals surface area contributed by atoms with E-state index in [1.165, 1.54) is 11.3 Å². The Morgan fingerprint density at radius 1 is 1.06 bits per heavy atom. The van der Waals surface area contributed by atoms with E-state index >= 15 is 0 Å². The van der Waals surface area contributed by atoms with Crippen LogP contribution in [-0.4, -0.2) is 51.1 Å². The third kappa shape index (κ3) is 4.39. The largest absolute Gasteiger partial charge is 0.365 e. The van der Waals surface area contributed by atoms with Crippen LogP contribution in [0.4, 0.5) is 5.69 Å². The minimum Gasteiger partial charge on any atom is -0.365 e. The maximum atomic E-state index is 13.5. The van der Waals surface area contributed by atoms with Gasteiger partial charge in [0.05, 0.1) is 6.20 Å². The lowest BCUT2D eigenvalue weighted by molar-refractivity contribution is 0.0728. The average molecular weight is 488 g/mol. The van der Waals surface area contributed by atoms with E-state index in [2.05, 4.69) is 48.1 Å². The van der Waals surface area contributed by atoms with E-state index in [9.17, 15) is 4.79 Å². The Hall–Kier alpha value is -3.38. The number of benzene rings is 2. The number of aryl methyl sites for hydroxylation is 3. The third-order valence-electron chi connectivity index (χ3n) is 7.04. The number of carbonyl (C=O) groups is 1. The second kappa shape index (κ2) is 9.34. The number of rotatable bonds is 4. The highest BCUT2D eigenvalue weighted by Gasteiger charge is 2.30. The number of nitrogens with zero attached hydrogens (tertiary/aromatic N) is 5. The summed E-state index contributed by atoms with van der Waals surface area (Å²) in [5, 5.41) is 5.29. The van der Waals surface area contributed by atoms with Gasteiger partial charge in [0.1, 0.15) is 5.56 Å². The normalized spacial score (nSPS) is 16.2. The number of fused-ring (bicyclic) bond motifs is 1. The highest BCUT2D eigenvalue weighted by atomic mass is 35.5. The molecular formula is C28H30ClN5O. The summed E-state index contributed by atoms with van der Waals surface area (Å²) in [7, 11) is 0. The zero-order valence-electron chi connectivity index (χ0n) is 20.6. The molecule has 0 aliphatic carbocycles. The number of halogens is 1. The quantitative estimate of drug-likeness (QED) is 0.394. The molecule has 1 aliphatic rings. The summed E-state index contributed by atoms with van der Waals surface area (Å²) in [4.78, 5) is 22.7. The fourth-order valence-electron chi connectivity index (χ4n) is 4.98. The van der Waals surface area contributed by atoms with Gasteiger partial charge in [0.15, 0.2) is 5.65 Å². The molecule has 1 aliphatic heterocycles. The summed E-state index contributed by atoms with van der Waals surface area (Å²) in [5.74, 6) is -0.0134. The Morgan fingerprint density at radius 3 is 2.51 bits per heavy atom. The molecule has 5 rings (SSSR count). The fraction of sp³-hybridized carbons (Fsp3) is 0.321. The van der Waals surface area contributed by atoms with E-state index in [0.717, 1.165) is 34.1 Å². The van der Waals surface area contributed by atoms with Crippen LogP contribution in [0.15, 0.2) is 54.7 Å². The van der Waals surface area contributed by atoms with Gasteiger partial charge < -0.3 is 9.80 Å². The lowest BCUT2D eigenvalue weighted by Gasteiger charge is -2.41. The third-order valence-corrected chi connectivity index (χ3v) is 7.41. The first-order valence-electron chi connectivity index (χ1n) is 12.0. The van der Waals surface area contributed by atoms with Gasteiger partial charge in [0.25, 0.3) is 5.91 Å². The molecule has 1 amide bonds. The average Bonchev–Trinajstić information content (AvgIpc) is 3.27. The summed E-state index contributed by atoms with van der Waals surface area (Å²) in [6.45, 7) is 10.4. The Balaban J connectivity index is 1.39. The van der Waals surface area contributed by atoms with E-state index < -0.39 is 0 Å². The molecular weight excluding hydrogens is 458 g/mol. The van der Waals surface area contributed by atoms with Crippen molar-refractivity contribution in [2.45, 2.75) is 40.2 Å². The van der Waals surface area contributed by atoms with Gasteiger partial charge in [0, 0.05) is 54.2 Å². The van der Waals surface area contributed by atoms with Crippen molar-refractivity contribution in [3.05, 3.63) is 93.4 Å². The maximum Gasteiger partial charge on any atom is 0.259 e. The van der Waals surface area contributed by atoms with Crippen LogP contribution >= 0.6 is 11.6 Å². The molecule has 1 saturated heterocycles. The molecule has 0 N–H and O–H groups in total. The minimum atomic E-state index is -0.0134. The SMILES string of the molecule is Cc1ccc(N2CCN(C(=O)c3cnn4c(C)c(Cc5ccccc5Cl)c(C)nc34)C[C@@H]2C)cc1. The smallest absolute Gasteiger partial charge is 0.259 e. The molecule has 2 aromatic heterocycles. The van der Waals surface area contributed by atoms with Crippen LogP contribution in [-0.2, 0) is 6.42 Å². The highest BCUT2D eigenvalue weighted by Crippen LogP contribution is 2.26. The lowest BCUT2D eigenvalue weighted by atomic mass is 10.0. The molecule has 180 valence electrons. The van der Waals surface area contributed by atoms with Crippen LogP contribution in [0.25, 0.3) is 5.65 Å². The first kappa shape index (κ1) is 23.4. The van der Waals surface area contributed by atoms with Crippen LogP contribution < -0.4 is 4.90 Å². The van der Waals surface area contributed by atoms with E-state index in [0.29, 0.717) is 30.7 Å². The van der Waals surface area contributed by atoms with Crippen molar-refractivity contribution in [1.82, 2.24) is 19.5 Å². The van der Waals surface area contributed by atoms with Gasteiger partial charge in [-0.1, -0.05) is 47.5 Å². The highest BCUT2D eigenvalue weighted by molar-refractivity contribution is 6.31. The molecule has 1 fully saturated rings. The topological polar surface area (TPSA) is 53.7 Å². The molecule has 6 nitrogen and oxygen atoms in total. The van der Waals surface area contributed by atoms with Gasteiger partial charge in [-0.15, -0.1) is 0 Å². The van der Waals surface area contributed by atoms with E-state index in [4.69, 9.17) is 16.6 Å². The van der Waals surface area contributed by atoms with E-state index in [1.54, 1.807) is 10.7 Å². The predicted octanol–water partition coefficient (Wildman–Crippen LogP) is 5.25. The van der Waals surface area contributed by atoms with Crippen molar-refractivity contribution < 1.29 is 4.79 Å².